The molecular formula is C16H14FNO3. The molecule has 2 aromatic rings. The molecule has 0 heterocycles. The van der Waals surface area contributed by atoms with Crippen molar-refractivity contribution >= 4 is 11.5 Å². The van der Waals surface area contributed by atoms with Crippen molar-refractivity contribution in [1.29, 1.82) is 0 Å². The van der Waals surface area contributed by atoms with E-state index >= 15 is 0 Å². The number of hydrogen-bond acceptors (Lipinski definition) is 3. The van der Waals surface area contributed by atoms with Gasteiger partial charge in [-0.2, -0.15) is 0 Å². The highest BCUT2D eigenvalue weighted by Crippen LogP contribution is 2.14. The van der Waals surface area contributed by atoms with Crippen molar-refractivity contribution in [3.05, 3.63) is 75.6 Å². The van der Waals surface area contributed by atoms with Gasteiger partial charge in [-0.25, -0.2) is 4.39 Å². The maximum Gasteiger partial charge on any atom is 0.269 e. The van der Waals surface area contributed by atoms with Crippen LogP contribution in [0, 0.1) is 15.9 Å². The van der Waals surface area contributed by atoms with Gasteiger partial charge in [-0.05, 0) is 42.7 Å². The minimum Gasteiger partial charge on any atom is -0.294 e. The van der Waals surface area contributed by atoms with Gasteiger partial charge in [-0.3, -0.25) is 14.9 Å². The third kappa shape index (κ3) is 4.21. The van der Waals surface area contributed by atoms with Crippen LogP contribution in [0.3, 0.4) is 0 Å². The number of carbonyl (C=O) groups excluding carboxylic acids is 1. The Hall–Kier alpha value is -2.56. The molecule has 2 aromatic carbocycles. The Labute approximate surface area is 121 Å². The highest BCUT2D eigenvalue weighted by atomic mass is 19.1. The summed E-state index contributed by atoms with van der Waals surface area (Å²) in [6.45, 7) is 0. The lowest BCUT2D eigenvalue weighted by Gasteiger charge is -2.02. The molecule has 4 nitrogen and oxygen atoms in total. The zero-order chi connectivity index (χ0) is 15.2. The van der Waals surface area contributed by atoms with E-state index in [2.05, 4.69) is 0 Å². The number of nitrogens with zero attached hydrogens (tertiary/aromatic N) is 1. The lowest BCUT2D eigenvalue weighted by atomic mass is 10.0. The number of Topliss-reactive ketones (excluding diaryl/α,β-unsaturated/α-hetero) is 1. The second-order valence-corrected chi connectivity index (χ2v) is 4.71. The number of aryl methyl sites for hydroxylation is 1. The third-order valence-electron chi connectivity index (χ3n) is 3.18. The number of nitro benzene ring substituents is 1. The largest absolute Gasteiger partial charge is 0.294 e. The van der Waals surface area contributed by atoms with Crippen LogP contribution in [0.4, 0.5) is 10.1 Å². The molecule has 5 heteroatoms. The van der Waals surface area contributed by atoms with Crippen molar-refractivity contribution in [2.45, 2.75) is 19.3 Å². The second kappa shape index (κ2) is 6.74. The lowest BCUT2D eigenvalue weighted by Crippen LogP contribution is -2.00. The first kappa shape index (κ1) is 14.8. The molecule has 0 unspecified atom stereocenters. The van der Waals surface area contributed by atoms with E-state index in [-0.39, 0.29) is 17.3 Å². The Morgan fingerprint density at radius 3 is 2.24 bits per heavy atom. The molecule has 2 rings (SSSR count). The standard InChI is InChI=1S/C16H14FNO3/c17-14-8-6-13(7-9-14)16(19)3-1-2-12-4-10-15(11-5-12)18(20)21/h4-11H,1-3H2. The van der Waals surface area contributed by atoms with Gasteiger partial charge in [0.05, 0.1) is 4.92 Å². The van der Waals surface area contributed by atoms with Crippen molar-refractivity contribution in [2.24, 2.45) is 0 Å². The maximum atomic E-state index is 12.8. The molecule has 0 amide bonds. The van der Waals surface area contributed by atoms with Crippen LogP contribution in [0.5, 0.6) is 0 Å². The molecule has 0 bridgehead atoms. The van der Waals surface area contributed by atoms with Gasteiger partial charge < -0.3 is 0 Å². The van der Waals surface area contributed by atoms with E-state index < -0.39 is 4.92 Å². The Kier molecular flexibility index (Phi) is 4.77. The van der Waals surface area contributed by atoms with Gasteiger partial charge in [0.1, 0.15) is 5.82 Å². The van der Waals surface area contributed by atoms with E-state index in [1.165, 1.54) is 36.4 Å². The summed E-state index contributed by atoms with van der Waals surface area (Å²) in [7, 11) is 0. The molecular weight excluding hydrogens is 273 g/mol. The van der Waals surface area contributed by atoms with E-state index in [0.29, 0.717) is 24.8 Å². The van der Waals surface area contributed by atoms with Gasteiger partial charge in [-0.1, -0.05) is 12.1 Å². The number of ketones is 1. The first-order chi connectivity index (χ1) is 10.1. The predicted octanol–water partition coefficient (Wildman–Crippen LogP) is 3.94. The molecule has 0 spiro atoms. The number of hydrogen-bond donors (Lipinski definition) is 0. The Morgan fingerprint density at radius 2 is 1.67 bits per heavy atom. The molecule has 21 heavy (non-hydrogen) atoms. The topological polar surface area (TPSA) is 60.2 Å². The van der Waals surface area contributed by atoms with E-state index in [0.717, 1.165) is 5.56 Å². The molecule has 0 aliphatic heterocycles. The highest BCUT2D eigenvalue weighted by molar-refractivity contribution is 5.95. The molecule has 0 radical (unpaired) electrons. The summed E-state index contributed by atoms with van der Waals surface area (Å²) in [4.78, 5) is 22.0. The Balaban J connectivity index is 1.85. The monoisotopic (exact) mass is 287 g/mol. The smallest absolute Gasteiger partial charge is 0.269 e. The van der Waals surface area contributed by atoms with Gasteiger partial charge in [0.15, 0.2) is 5.78 Å². The molecule has 0 saturated carbocycles. The molecule has 0 aliphatic rings. The van der Waals surface area contributed by atoms with Gasteiger partial charge in [-0.15, -0.1) is 0 Å². The third-order valence-corrected chi connectivity index (χ3v) is 3.18. The van der Waals surface area contributed by atoms with Crippen LogP contribution in [-0.2, 0) is 6.42 Å². The van der Waals surface area contributed by atoms with E-state index in [9.17, 15) is 19.3 Å². The minimum absolute atomic E-state index is 0.0306. The van der Waals surface area contributed by atoms with Crippen molar-refractivity contribution in [2.75, 3.05) is 0 Å². The minimum atomic E-state index is -0.443. The SMILES string of the molecule is O=C(CCCc1ccc([N+](=O)[O-])cc1)c1ccc(F)cc1. The summed E-state index contributed by atoms with van der Waals surface area (Å²) in [5.74, 6) is -0.394. The first-order valence-corrected chi connectivity index (χ1v) is 6.58. The summed E-state index contributed by atoms with van der Waals surface area (Å²) >= 11 is 0. The van der Waals surface area contributed by atoms with Crippen LogP contribution >= 0.6 is 0 Å². The number of non-ortho nitro benzene ring substituents is 1. The van der Waals surface area contributed by atoms with Crippen molar-refractivity contribution < 1.29 is 14.1 Å². The molecule has 0 atom stereocenters. The molecule has 0 aromatic heterocycles. The molecule has 0 fully saturated rings. The average Bonchev–Trinajstić information content (AvgIpc) is 2.48. The van der Waals surface area contributed by atoms with Crippen LogP contribution in [0.25, 0.3) is 0 Å². The number of carbonyl (C=O) groups is 1. The van der Waals surface area contributed by atoms with Crippen molar-refractivity contribution in [3.8, 4) is 0 Å². The molecule has 0 N–H and O–H groups in total. The maximum absolute atomic E-state index is 12.8. The van der Waals surface area contributed by atoms with Crippen LogP contribution in [0.2, 0.25) is 0 Å². The number of halogens is 1. The Bertz CT molecular complexity index is 636. The lowest BCUT2D eigenvalue weighted by molar-refractivity contribution is -0.384. The molecule has 0 saturated heterocycles. The fraction of sp³-hybridized carbons (Fsp3) is 0.188. The quantitative estimate of drug-likeness (QED) is 0.459. The summed E-state index contributed by atoms with van der Waals surface area (Å²) in [5.41, 5.74) is 1.51. The van der Waals surface area contributed by atoms with E-state index in [4.69, 9.17) is 0 Å². The van der Waals surface area contributed by atoms with Crippen LogP contribution < -0.4 is 0 Å². The fourth-order valence-corrected chi connectivity index (χ4v) is 2.02. The van der Waals surface area contributed by atoms with Gasteiger partial charge in [0.25, 0.3) is 5.69 Å². The van der Waals surface area contributed by atoms with Gasteiger partial charge in [0, 0.05) is 24.1 Å². The first-order valence-electron chi connectivity index (χ1n) is 6.58. The fourth-order valence-electron chi connectivity index (χ4n) is 2.02. The van der Waals surface area contributed by atoms with Gasteiger partial charge in [0.2, 0.25) is 0 Å². The second-order valence-electron chi connectivity index (χ2n) is 4.71. The number of rotatable bonds is 6. The van der Waals surface area contributed by atoms with Crippen LogP contribution in [-0.4, -0.2) is 10.7 Å². The summed E-state index contributed by atoms with van der Waals surface area (Å²) < 4.78 is 12.8. The zero-order valence-electron chi connectivity index (χ0n) is 11.3. The van der Waals surface area contributed by atoms with E-state index in [1.807, 2.05) is 0 Å². The van der Waals surface area contributed by atoms with Crippen LogP contribution in [0.1, 0.15) is 28.8 Å². The number of nitro groups is 1. The highest BCUT2D eigenvalue weighted by Gasteiger charge is 2.07. The Morgan fingerprint density at radius 1 is 1.05 bits per heavy atom. The molecule has 108 valence electrons. The average molecular weight is 287 g/mol. The van der Waals surface area contributed by atoms with Crippen molar-refractivity contribution in [1.82, 2.24) is 0 Å². The number of benzene rings is 2. The summed E-state index contributed by atoms with van der Waals surface area (Å²) in [6, 6.07) is 11.8. The predicted molar refractivity (Wildman–Crippen MR) is 76.8 cm³/mol. The summed E-state index contributed by atoms with van der Waals surface area (Å²) in [6.07, 6.45) is 1.68. The van der Waals surface area contributed by atoms with Gasteiger partial charge >= 0.3 is 0 Å². The van der Waals surface area contributed by atoms with E-state index in [1.54, 1.807) is 12.1 Å². The summed E-state index contributed by atoms with van der Waals surface area (Å²) in [5, 5.41) is 10.5. The zero-order valence-corrected chi connectivity index (χ0v) is 11.3. The normalized spacial score (nSPS) is 10.3. The molecule has 0 aliphatic carbocycles. The van der Waals surface area contributed by atoms with Crippen molar-refractivity contribution in [3.63, 3.8) is 0 Å². The van der Waals surface area contributed by atoms with Crippen LogP contribution in [0.15, 0.2) is 48.5 Å².